The van der Waals surface area contributed by atoms with Gasteiger partial charge >= 0.3 is 5.97 Å². The van der Waals surface area contributed by atoms with Crippen molar-refractivity contribution in [2.24, 2.45) is 0 Å². The van der Waals surface area contributed by atoms with E-state index in [-0.39, 0.29) is 12.3 Å². The minimum absolute atomic E-state index is 0.217. The predicted octanol–water partition coefficient (Wildman–Crippen LogP) is 1.22. The average Bonchev–Trinajstić information content (AvgIpc) is 2.39. The zero-order valence-corrected chi connectivity index (χ0v) is 11.6. The van der Waals surface area contributed by atoms with E-state index in [4.69, 9.17) is 4.74 Å². The lowest BCUT2D eigenvalue weighted by molar-refractivity contribution is -0.144. The molecule has 0 aromatic heterocycles. The molecule has 0 radical (unpaired) electrons. The quantitative estimate of drug-likeness (QED) is 0.813. The number of rotatable bonds is 5. The molecule has 1 aromatic carbocycles. The molecule has 1 N–H and O–H groups in total. The molecule has 0 bridgehead atoms. The first-order chi connectivity index (χ1) is 8.97. The highest BCUT2D eigenvalue weighted by Gasteiger charge is 2.16. The molecule has 1 atom stereocenters. The highest BCUT2D eigenvalue weighted by atomic mass is 16.5. The Morgan fingerprint density at radius 1 is 1.32 bits per heavy atom. The van der Waals surface area contributed by atoms with Gasteiger partial charge in [-0.25, -0.2) is 4.79 Å². The maximum Gasteiger partial charge on any atom is 0.328 e. The number of esters is 1. The van der Waals surface area contributed by atoms with Crippen LogP contribution in [0.5, 0.6) is 5.75 Å². The van der Waals surface area contributed by atoms with E-state index in [0.29, 0.717) is 0 Å². The van der Waals surface area contributed by atoms with Crippen LogP contribution in [-0.2, 0) is 20.7 Å². The van der Waals surface area contributed by atoms with E-state index in [9.17, 15) is 9.59 Å². The molecule has 1 rings (SSSR count). The van der Waals surface area contributed by atoms with Crippen LogP contribution in [0, 0.1) is 6.92 Å². The second-order valence-electron chi connectivity index (χ2n) is 4.28. The molecule has 0 aliphatic carbocycles. The summed E-state index contributed by atoms with van der Waals surface area (Å²) in [6, 6.07) is 4.87. The lowest BCUT2D eigenvalue weighted by Crippen LogP contribution is -2.39. The van der Waals surface area contributed by atoms with Crippen LogP contribution < -0.4 is 10.1 Å². The molecule has 104 valence electrons. The lowest BCUT2D eigenvalue weighted by atomic mass is 10.0. The first-order valence-electron chi connectivity index (χ1n) is 5.98. The van der Waals surface area contributed by atoms with Gasteiger partial charge in [0.25, 0.3) is 0 Å². The fraction of sp³-hybridized carbons (Fsp3) is 0.429. The molecule has 0 heterocycles. The number of aryl methyl sites for hydroxylation is 1. The van der Waals surface area contributed by atoms with Gasteiger partial charge < -0.3 is 14.8 Å². The summed E-state index contributed by atoms with van der Waals surface area (Å²) in [5.41, 5.74) is 1.87. The number of methoxy groups -OCH3 is 2. The molecule has 0 saturated heterocycles. The Labute approximate surface area is 112 Å². The van der Waals surface area contributed by atoms with E-state index < -0.39 is 12.0 Å². The number of hydrogen-bond acceptors (Lipinski definition) is 4. The SMILES string of the molecule is COC(=O)[C@H](C)NC(=O)Cc1ccc(OC)cc1C. The normalized spacial score (nSPS) is 11.6. The molecule has 1 amide bonds. The Morgan fingerprint density at radius 3 is 2.53 bits per heavy atom. The van der Waals surface area contributed by atoms with Crippen LogP contribution in [0.25, 0.3) is 0 Å². The van der Waals surface area contributed by atoms with Crippen LogP contribution in [0.4, 0.5) is 0 Å². The summed E-state index contributed by atoms with van der Waals surface area (Å²) < 4.78 is 9.65. The van der Waals surface area contributed by atoms with Crippen molar-refractivity contribution in [3.63, 3.8) is 0 Å². The molecule has 0 aliphatic rings. The molecule has 0 fully saturated rings. The van der Waals surface area contributed by atoms with Crippen LogP contribution in [0.2, 0.25) is 0 Å². The van der Waals surface area contributed by atoms with Gasteiger partial charge in [-0.1, -0.05) is 6.07 Å². The predicted molar refractivity (Wildman–Crippen MR) is 71.1 cm³/mol. The van der Waals surface area contributed by atoms with E-state index in [2.05, 4.69) is 10.1 Å². The maximum absolute atomic E-state index is 11.8. The van der Waals surface area contributed by atoms with Gasteiger partial charge in [-0.3, -0.25) is 4.79 Å². The highest BCUT2D eigenvalue weighted by molar-refractivity contribution is 5.85. The van der Waals surface area contributed by atoms with Crippen LogP contribution >= 0.6 is 0 Å². The second-order valence-corrected chi connectivity index (χ2v) is 4.28. The zero-order valence-electron chi connectivity index (χ0n) is 11.6. The fourth-order valence-corrected chi connectivity index (χ4v) is 1.69. The Morgan fingerprint density at radius 2 is 2.00 bits per heavy atom. The zero-order chi connectivity index (χ0) is 14.4. The average molecular weight is 265 g/mol. The van der Waals surface area contributed by atoms with E-state index in [1.807, 2.05) is 19.1 Å². The smallest absolute Gasteiger partial charge is 0.328 e. The van der Waals surface area contributed by atoms with Gasteiger partial charge in [-0.05, 0) is 37.1 Å². The van der Waals surface area contributed by atoms with Crippen molar-refractivity contribution in [1.29, 1.82) is 0 Å². The summed E-state index contributed by atoms with van der Waals surface area (Å²) in [6.07, 6.45) is 0.219. The fourth-order valence-electron chi connectivity index (χ4n) is 1.69. The number of carbonyl (C=O) groups is 2. The van der Waals surface area contributed by atoms with Crippen LogP contribution in [-0.4, -0.2) is 32.1 Å². The summed E-state index contributed by atoms with van der Waals surface area (Å²) in [5, 5.41) is 2.59. The van der Waals surface area contributed by atoms with Gasteiger partial charge in [0.15, 0.2) is 0 Å². The van der Waals surface area contributed by atoms with E-state index in [1.54, 1.807) is 20.1 Å². The van der Waals surface area contributed by atoms with Crippen molar-refractivity contribution >= 4 is 11.9 Å². The number of nitrogens with one attached hydrogen (secondary N) is 1. The van der Waals surface area contributed by atoms with Gasteiger partial charge in [0, 0.05) is 0 Å². The number of hydrogen-bond donors (Lipinski definition) is 1. The van der Waals surface area contributed by atoms with Gasteiger partial charge in [-0.2, -0.15) is 0 Å². The van der Waals surface area contributed by atoms with E-state index >= 15 is 0 Å². The van der Waals surface area contributed by atoms with Crippen molar-refractivity contribution in [2.45, 2.75) is 26.3 Å². The summed E-state index contributed by atoms with van der Waals surface area (Å²) in [5.74, 6) is 0.0792. The maximum atomic E-state index is 11.8. The van der Waals surface area contributed by atoms with Crippen LogP contribution in [0.15, 0.2) is 18.2 Å². The van der Waals surface area contributed by atoms with Gasteiger partial charge in [0.05, 0.1) is 20.6 Å². The van der Waals surface area contributed by atoms with Crippen molar-refractivity contribution in [3.05, 3.63) is 29.3 Å². The van der Waals surface area contributed by atoms with Crippen molar-refractivity contribution < 1.29 is 19.1 Å². The molecule has 0 unspecified atom stereocenters. The highest BCUT2D eigenvalue weighted by Crippen LogP contribution is 2.17. The minimum atomic E-state index is -0.643. The summed E-state index contributed by atoms with van der Waals surface area (Å²) in [7, 11) is 2.89. The number of benzene rings is 1. The molecule has 0 saturated carbocycles. The third kappa shape index (κ3) is 4.28. The number of amides is 1. The van der Waals surface area contributed by atoms with Crippen molar-refractivity contribution in [1.82, 2.24) is 5.32 Å². The molecule has 0 aliphatic heterocycles. The Bertz CT molecular complexity index is 471. The van der Waals surface area contributed by atoms with Gasteiger partial charge in [0.2, 0.25) is 5.91 Å². The second kappa shape index (κ2) is 6.78. The molecule has 1 aromatic rings. The van der Waals surface area contributed by atoms with Gasteiger partial charge in [-0.15, -0.1) is 0 Å². The van der Waals surface area contributed by atoms with Crippen LogP contribution in [0.1, 0.15) is 18.1 Å². The molecular formula is C14H19NO4. The topological polar surface area (TPSA) is 64.6 Å². The monoisotopic (exact) mass is 265 g/mol. The summed E-state index contributed by atoms with van der Waals surface area (Å²) in [6.45, 7) is 3.50. The summed E-state index contributed by atoms with van der Waals surface area (Å²) in [4.78, 5) is 23.0. The van der Waals surface area contributed by atoms with Crippen LogP contribution in [0.3, 0.4) is 0 Å². The largest absolute Gasteiger partial charge is 0.497 e. The third-order valence-electron chi connectivity index (χ3n) is 2.83. The molecule has 0 spiro atoms. The first-order valence-corrected chi connectivity index (χ1v) is 5.98. The van der Waals surface area contributed by atoms with Crippen molar-refractivity contribution in [3.8, 4) is 5.75 Å². The lowest BCUT2D eigenvalue weighted by Gasteiger charge is -2.12. The Balaban J connectivity index is 2.64. The molecular weight excluding hydrogens is 246 g/mol. The van der Waals surface area contributed by atoms with Gasteiger partial charge in [0.1, 0.15) is 11.8 Å². The first kappa shape index (κ1) is 15.0. The summed E-state index contributed by atoms with van der Waals surface area (Å²) >= 11 is 0. The molecule has 5 heteroatoms. The van der Waals surface area contributed by atoms with E-state index in [0.717, 1.165) is 16.9 Å². The molecule has 19 heavy (non-hydrogen) atoms. The standard InChI is InChI=1S/C14H19NO4/c1-9-7-12(18-3)6-5-11(9)8-13(16)15-10(2)14(17)19-4/h5-7,10H,8H2,1-4H3,(H,15,16)/t10-/m0/s1. The molecule has 5 nitrogen and oxygen atoms in total. The number of carbonyl (C=O) groups excluding carboxylic acids is 2. The Kier molecular flexibility index (Phi) is 5.36. The third-order valence-corrected chi connectivity index (χ3v) is 2.83. The van der Waals surface area contributed by atoms with E-state index in [1.165, 1.54) is 7.11 Å². The minimum Gasteiger partial charge on any atom is -0.497 e. The Hall–Kier alpha value is -2.04. The van der Waals surface area contributed by atoms with Crippen molar-refractivity contribution in [2.75, 3.05) is 14.2 Å². The number of ether oxygens (including phenoxy) is 2.